The van der Waals surface area contributed by atoms with Crippen LogP contribution in [0, 0.1) is 0 Å². The first-order valence-electron chi connectivity index (χ1n) is 6.43. The number of nitrogens with zero attached hydrogens (tertiary/aromatic N) is 1. The van der Waals surface area contributed by atoms with Crippen molar-refractivity contribution in [1.29, 1.82) is 0 Å². The van der Waals surface area contributed by atoms with E-state index in [1.54, 1.807) is 38.4 Å². The number of methoxy groups -OCH3 is 2. The summed E-state index contributed by atoms with van der Waals surface area (Å²) in [5.41, 5.74) is 7.37. The lowest BCUT2D eigenvalue weighted by Crippen LogP contribution is -2.27. The molecule has 0 heterocycles. The quantitative estimate of drug-likeness (QED) is 0.877. The molecule has 0 saturated heterocycles. The summed E-state index contributed by atoms with van der Waals surface area (Å²) in [6, 6.07) is 12.4. The Balaban J connectivity index is 2.39. The van der Waals surface area contributed by atoms with Gasteiger partial charge in [0.1, 0.15) is 17.1 Å². The largest absolute Gasteiger partial charge is 0.497 e. The second kappa shape index (κ2) is 6.17. The van der Waals surface area contributed by atoms with E-state index >= 15 is 0 Å². The van der Waals surface area contributed by atoms with Crippen LogP contribution in [0.25, 0.3) is 0 Å². The molecule has 0 bridgehead atoms. The minimum atomic E-state index is -0.238. The highest BCUT2D eigenvalue weighted by molar-refractivity contribution is 6.11. The van der Waals surface area contributed by atoms with Crippen molar-refractivity contribution in [2.45, 2.75) is 0 Å². The molecule has 2 aromatic rings. The van der Waals surface area contributed by atoms with Gasteiger partial charge in [0.2, 0.25) is 0 Å². The van der Waals surface area contributed by atoms with Gasteiger partial charge in [0.05, 0.1) is 14.2 Å². The lowest BCUT2D eigenvalue weighted by atomic mass is 10.1. The molecule has 0 radical (unpaired) electrons. The van der Waals surface area contributed by atoms with Crippen LogP contribution in [0.1, 0.15) is 10.4 Å². The fraction of sp³-hybridized carbons (Fsp3) is 0.188. The molecular formula is C16H18N2O3. The Hall–Kier alpha value is -2.69. The minimum absolute atomic E-state index is 0.238. The second-order valence-electron chi connectivity index (χ2n) is 4.49. The van der Waals surface area contributed by atoms with E-state index < -0.39 is 0 Å². The maximum Gasteiger partial charge on any atom is 0.263 e. The second-order valence-corrected chi connectivity index (χ2v) is 4.49. The van der Waals surface area contributed by atoms with Gasteiger partial charge in [-0.3, -0.25) is 4.79 Å². The third-order valence-corrected chi connectivity index (χ3v) is 3.24. The molecule has 2 aromatic carbocycles. The number of ether oxygens (including phenoxy) is 2. The molecule has 0 aliphatic heterocycles. The number of hydrogen-bond donors (Lipinski definition) is 1. The molecule has 5 heteroatoms. The highest BCUT2D eigenvalue weighted by Gasteiger charge is 2.20. The van der Waals surface area contributed by atoms with Gasteiger partial charge in [-0.2, -0.15) is 0 Å². The number of nitrogens with two attached hydrogens (primary N) is 1. The average molecular weight is 286 g/mol. The van der Waals surface area contributed by atoms with Crippen molar-refractivity contribution in [3.63, 3.8) is 0 Å². The number of carbonyl (C=O) groups is 1. The van der Waals surface area contributed by atoms with Gasteiger partial charge in [0.15, 0.2) is 0 Å². The summed E-state index contributed by atoms with van der Waals surface area (Å²) in [6.45, 7) is 0. The van der Waals surface area contributed by atoms with Crippen LogP contribution >= 0.6 is 0 Å². The highest BCUT2D eigenvalue weighted by Crippen LogP contribution is 2.28. The Labute approximate surface area is 123 Å². The lowest BCUT2D eigenvalue weighted by molar-refractivity contribution is 0.0991. The molecule has 2 rings (SSSR count). The molecular weight excluding hydrogens is 268 g/mol. The normalized spacial score (nSPS) is 10.0. The Morgan fingerprint density at radius 1 is 1.10 bits per heavy atom. The summed E-state index contributed by atoms with van der Waals surface area (Å²) < 4.78 is 10.4. The smallest absolute Gasteiger partial charge is 0.263 e. The average Bonchev–Trinajstić information content (AvgIpc) is 2.53. The van der Waals surface area contributed by atoms with Crippen LogP contribution < -0.4 is 20.1 Å². The first-order valence-corrected chi connectivity index (χ1v) is 6.43. The molecule has 1 amide bonds. The van der Waals surface area contributed by atoms with Crippen LogP contribution in [0.15, 0.2) is 42.5 Å². The number of rotatable bonds is 4. The van der Waals surface area contributed by atoms with Gasteiger partial charge in [0.25, 0.3) is 5.91 Å². The molecule has 5 nitrogen and oxygen atoms in total. The SMILES string of the molecule is COc1cccc(N(C)C(=O)c2c(N)cccc2OC)c1. The van der Waals surface area contributed by atoms with E-state index in [2.05, 4.69) is 0 Å². The molecule has 0 aromatic heterocycles. The summed E-state index contributed by atoms with van der Waals surface area (Å²) in [6.07, 6.45) is 0. The van der Waals surface area contributed by atoms with Crippen LogP contribution in [0.2, 0.25) is 0 Å². The highest BCUT2D eigenvalue weighted by atomic mass is 16.5. The molecule has 0 spiro atoms. The third-order valence-electron chi connectivity index (χ3n) is 3.24. The Bertz CT molecular complexity index is 656. The zero-order chi connectivity index (χ0) is 15.4. The van der Waals surface area contributed by atoms with Crippen molar-refractivity contribution >= 4 is 17.3 Å². The van der Waals surface area contributed by atoms with Gasteiger partial charge in [-0.05, 0) is 24.3 Å². The van der Waals surface area contributed by atoms with Gasteiger partial charge >= 0.3 is 0 Å². The van der Waals surface area contributed by atoms with Gasteiger partial charge in [0, 0.05) is 24.5 Å². The fourth-order valence-electron chi connectivity index (χ4n) is 2.05. The maximum absolute atomic E-state index is 12.7. The predicted octanol–water partition coefficient (Wildman–Crippen LogP) is 2.56. The van der Waals surface area contributed by atoms with E-state index in [9.17, 15) is 4.79 Å². The fourth-order valence-corrected chi connectivity index (χ4v) is 2.05. The van der Waals surface area contributed by atoms with Gasteiger partial charge in [-0.1, -0.05) is 12.1 Å². The number of anilines is 2. The van der Waals surface area contributed by atoms with Gasteiger partial charge in [-0.25, -0.2) is 0 Å². The topological polar surface area (TPSA) is 64.8 Å². The molecule has 2 N–H and O–H groups in total. The van der Waals surface area contributed by atoms with Crippen molar-refractivity contribution in [2.24, 2.45) is 0 Å². The summed E-state index contributed by atoms with van der Waals surface area (Å²) in [5, 5.41) is 0. The molecule has 0 unspecified atom stereocenters. The first-order chi connectivity index (χ1) is 10.1. The van der Waals surface area contributed by atoms with E-state index in [-0.39, 0.29) is 5.91 Å². The van der Waals surface area contributed by atoms with E-state index in [0.717, 1.165) is 0 Å². The summed E-state index contributed by atoms with van der Waals surface area (Å²) in [4.78, 5) is 14.2. The Kier molecular flexibility index (Phi) is 4.33. The number of nitrogen functional groups attached to an aromatic ring is 1. The standard InChI is InChI=1S/C16H18N2O3/c1-18(11-6-4-7-12(10-11)20-2)16(19)15-13(17)8-5-9-14(15)21-3/h4-10H,17H2,1-3H3. The van der Waals surface area contributed by atoms with Crippen molar-refractivity contribution < 1.29 is 14.3 Å². The van der Waals surface area contributed by atoms with Crippen LogP contribution in [-0.2, 0) is 0 Å². The summed E-state index contributed by atoms with van der Waals surface area (Å²) in [5.74, 6) is 0.896. The van der Waals surface area contributed by atoms with Crippen molar-refractivity contribution in [3.05, 3.63) is 48.0 Å². The number of amides is 1. The Morgan fingerprint density at radius 2 is 1.81 bits per heavy atom. The first kappa shape index (κ1) is 14.7. The van der Waals surface area contributed by atoms with Crippen molar-refractivity contribution in [1.82, 2.24) is 0 Å². The molecule has 0 aliphatic rings. The zero-order valence-corrected chi connectivity index (χ0v) is 12.3. The number of carbonyl (C=O) groups excluding carboxylic acids is 1. The molecule has 110 valence electrons. The molecule has 0 fully saturated rings. The summed E-state index contributed by atoms with van der Waals surface area (Å²) >= 11 is 0. The van der Waals surface area contributed by atoms with Gasteiger partial charge < -0.3 is 20.1 Å². The van der Waals surface area contributed by atoms with E-state index in [0.29, 0.717) is 28.4 Å². The Morgan fingerprint density at radius 3 is 2.48 bits per heavy atom. The van der Waals surface area contributed by atoms with Gasteiger partial charge in [-0.15, -0.1) is 0 Å². The van der Waals surface area contributed by atoms with Crippen molar-refractivity contribution in [2.75, 3.05) is 31.9 Å². The van der Waals surface area contributed by atoms with Crippen LogP contribution in [0.4, 0.5) is 11.4 Å². The monoisotopic (exact) mass is 286 g/mol. The van der Waals surface area contributed by atoms with Crippen LogP contribution in [0.5, 0.6) is 11.5 Å². The maximum atomic E-state index is 12.7. The zero-order valence-electron chi connectivity index (χ0n) is 12.3. The molecule has 0 saturated carbocycles. The number of benzene rings is 2. The minimum Gasteiger partial charge on any atom is -0.497 e. The summed E-state index contributed by atoms with van der Waals surface area (Å²) in [7, 11) is 4.78. The third kappa shape index (κ3) is 2.91. The van der Waals surface area contributed by atoms with E-state index in [1.807, 2.05) is 18.2 Å². The van der Waals surface area contributed by atoms with Crippen LogP contribution in [0.3, 0.4) is 0 Å². The molecule has 0 atom stereocenters. The van der Waals surface area contributed by atoms with E-state index in [1.165, 1.54) is 12.0 Å². The van der Waals surface area contributed by atoms with E-state index in [4.69, 9.17) is 15.2 Å². The lowest BCUT2D eigenvalue weighted by Gasteiger charge is -2.20. The van der Waals surface area contributed by atoms with Crippen LogP contribution in [-0.4, -0.2) is 27.2 Å². The predicted molar refractivity (Wildman–Crippen MR) is 83.1 cm³/mol. The molecule has 0 aliphatic carbocycles. The molecule has 21 heavy (non-hydrogen) atoms. The number of hydrogen-bond acceptors (Lipinski definition) is 4. The van der Waals surface area contributed by atoms with Crippen molar-refractivity contribution in [3.8, 4) is 11.5 Å².